The number of nitrogens with zero attached hydrogens (tertiary/aromatic N) is 1. The van der Waals surface area contributed by atoms with Gasteiger partial charge in [-0.05, 0) is 24.1 Å². The minimum atomic E-state index is -0.137. The van der Waals surface area contributed by atoms with Gasteiger partial charge in [0.15, 0.2) is 0 Å². The standard InChI is InChI=1S/C17H19N3O2/c1-13(21)20-12-16-11-15(8-10-18-16)17(22)19-9-7-14-5-3-2-4-6-14/h2-6,8,10-11H,7,9,12H2,1H3,(H,19,22)(H,20,21). The average molecular weight is 297 g/mol. The third kappa shape index (κ3) is 5.01. The van der Waals surface area contributed by atoms with Gasteiger partial charge in [-0.1, -0.05) is 30.3 Å². The van der Waals surface area contributed by atoms with Crippen LogP contribution in [-0.2, 0) is 17.8 Å². The second kappa shape index (κ2) is 7.93. The third-order valence-electron chi connectivity index (χ3n) is 3.14. The zero-order valence-corrected chi connectivity index (χ0v) is 12.5. The molecule has 2 N–H and O–H groups in total. The second-order valence-electron chi connectivity index (χ2n) is 4.94. The molecule has 0 saturated carbocycles. The molecule has 1 aromatic carbocycles. The Labute approximate surface area is 129 Å². The highest BCUT2D eigenvalue weighted by atomic mass is 16.2. The van der Waals surface area contributed by atoms with Crippen LogP contribution in [-0.4, -0.2) is 23.3 Å². The molecule has 2 rings (SSSR count). The summed E-state index contributed by atoms with van der Waals surface area (Å²) >= 11 is 0. The van der Waals surface area contributed by atoms with E-state index in [0.717, 1.165) is 6.42 Å². The molecule has 114 valence electrons. The van der Waals surface area contributed by atoms with E-state index in [1.807, 2.05) is 30.3 Å². The maximum absolute atomic E-state index is 12.1. The van der Waals surface area contributed by atoms with E-state index in [0.29, 0.717) is 24.3 Å². The van der Waals surface area contributed by atoms with Crippen LogP contribution >= 0.6 is 0 Å². The second-order valence-corrected chi connectivity index (χ2v) is 4.94. The van der Waals surface area contributed by atoms with Crippen molar-refractivity contribution < 1.29 is 9.59 Å². The molecule has 0 aliphatic carbocycles. The molecule has 0 saturated heterocycles. The molecule has 22 heavy (non-hydrogen) atoms. The molecule has 2 amide bonds. The van der Waals surface area contributed by atoms with Gasteiger partial charge in [0, 0.05) is 25.2 Å². The van der Waals surface area contributed by atoms with Crippen LogP contribution in [0.4, 0.5) is 0 Å². The molecule has 0 aliphatic rings. The lowest BCUT2D eigenvalue weighted by molar-refractivity contribution is -0.119. The number of rotatable bonds is 6. The third-order valence-corrected chi connectivity index (χ3v) is 3.14. The normalized spacial score (nSPS) is 10.0. The van der Waals surface area contributed by atoms with Gasteiger partial charge >= 0.3 is 0 Å². The van der Waals surface area contributed by atoms with Gasteiger partial charge in [-0.3, -0.25) is 14.6 Å². The van der Waals surface area contributed by atoms with Crippen molar-refractivity contribution in [3.8, 4) is 0 Å². The Bertz CT molecular complexity index is 641. The van der Waals surface area contributed by atoms with E-state index in [4.69, 9.17) is 0 Å². The molecular formula is C17H19N3O2. The molecule has 2 aromatic rings. The smallest absolute Gasteiger partial charge is 0.251 e. The van der Waals surface area contributed by atoms with Gasteiger partial charge < -0.3 is 10.6 Å². The monoisotopic (exact) mass is 297 g/mol. The number of nitrogens with one attached hydrogen (secondary N) is 2. The fraction of sp³-hybridized carbons (Fsp3) is 0.235. The summed E-state index contributed by atoms with van der Waals surface area (Å²) < 4.78 is 0. The van der Waals surface area contributed by atoms with Crippen molar-refractivity contribution in [2.45, 2.75) is 19.9 Å². The number of amides is 2. The molecule has 1 heterocycles. The SMILES string of the molecule is CC(=O)NCc1cc(C(=O)NCCc2ccccc2)ccn1. The van der Waals surface area contributed by atoms with E-state index >= 15 is 0 Å². The highest BCUT2D eigenvalue weighted by Crippen LogP contribution is 2.03. The van der Waals surface area contributed by atoms with Crippen molar-refractivity contribution in [1.29, 1.82) is 0 Å². The van der Waals surface area contributed by atoms with Gasteiger partial charge in [0.1, 0.15) is 0 Å². The van der Waals surface area contributed by atoms with Gasteiger partial charge in [-0.2, -0.15) is 0 Å². The molecule has 0 spiro atoms. The Balaban J connectivity index is 1.86. The first-order valence-corrected chi connectivity index (χ1v) is 7.16. The Morgan fingerprint density at radius 2 is 1.86 bits per heavy atom. The van der Waals surface area contributed by atoms with E-state index in [-0.39, 0.29) is 11.8 Å². The van der Waals surface area contributed by atoms with Crippen molar-refractivity contribution >= 4 is 11.8 Å². The number of benzene rings is 1. The Kier molecular flexibility index (Phi) is 5.65. The van der Waals surface area contributed by atoms with Gasteiger partial charge in [0.25, 0.3) is 5.91 Å². The van der Waals surface area contributed by atoms with Crippen LogP contribution in [0.5, 0.6) is 0 Å². The van der Waals surface area contributed by atoms with Gasteiger partial charge in [-0.25, -0.2) is 0 Å². The number of carbonyl (C=O) groups excluding carboxylic acids is 2. The van der Waals surface area contributed by atoms with E-state index in [1.165, 1.54) is 12.5 Å². The van der Waals surface area contributed by atoms with E-state index in [9.17, 15) is 9.59 Å². The molecule has 0 unspecified atom stereocenters. The fourth-order valence-corrected chi connectivity index (χ4v) is 2.00. The summed E-state index contributed by atoms with van der Waals surface area (Å²) in [7, 11) is 0. The first-order chi connectivity index (χ1) is 10.6. The zero-order valence-electron chi connectivity index (χ0n) is 12.5. The van der Waals surface area contributed by atoms with E-state index in [2.05, 4.69) is 15.6 Å². The zero-order chi connectivity index (χ0) is 15.8. The summed E-state index contributed by atoms with van der Waals surface area (Å²) in [5.74, 6) is -0.262. The Morgan fingerprint density at radius 3 is 2.59 bits per heavy atom. The lowest BCUT2D eigenvalue weighted by Crippen LogP contribution is -2.26. The number of pyridine rings is 1. The summed E-state index contributed by atoms with van der Waals surface area (Å²) in [5.41, 5.74) is 2.39. The highest BCUT2D eigenvalue weighted by molar-refractivity contribution is 5.94. The van der Waals surface area contributed by atoms with Crippen molar-refractivity contribution in [3.05, 3.63) is 65.5 Å². The molecule has 5 heteroatoms. The van der Waals surface area contributed by atoms with Crippen LogP contribution in [0.25, 0.3) is 0 Å². The Hall–Kier alpha value is -2.69. The lowest BCUT2D eigenvalue weighted by Gasteiger charge is -2.07. The number of carbonyl (C=O) groups is 2. The van der Waals surface area contributed by atoms with Gasteiger partial charge in [0.05, 0.1) is 12.2 Å². The summed E-state index contributed by atoms with van der Waals surface area (Å²) in [4.78, 5) is 27.1. The van der Waals surface area contributed by atoms with Crippen LogP contribution in [0.1, 0.15) is 28.5 Å². The van der Waals surface area contributed by atoms with Crippen LogP contribution in [0.2, 0.25) is 0 Å². The largest absolute Gasteiger partial charge is 0.352 e. The molecule has 0 radical (unpaired) electrons. The number of hydrogen-bond acceptors (Lipinski definition) is 3. The quantitative estimate of drug-likeness (QED) is 0.852. The maximum atomic E-state index is 12.1. The summed E-state index contributed by atoms with van der Waals surface area (Å²) in [6.45, 7) is 2.34. The molecule has 1 aromatic heterocycles. The Morgan fingerprint density at radius 1 is 1.09 bits per heavy atom. The lowest BCUT2D eigenvalue weighted by atomic mass is 10.1. The van der Waals surface area contributed by atoms with Crippen LogP contribution < -0.4 is 10.6 Å². The number of aromatic nitrogens is 1. The van der Waals surface area contributed by atoms with Crippen LogP contribution in [0.15, 0.2) is 48.7 Å². The van der Waals surface area contributed by atoms with Gasteiger partial charge in [-0.15, -0.1) is 0 Å². The minimum absolute atomic E-state index is 0.125. The van der Waals surface area contributed by atoms with Gasteiger partial charge in [0.2, 0.25) is 5.91 Å². The van der Waals surface area contributed by atoms with Crippen molar-refractivity contribution in [2.24, 2.45) is 0 Å². The summed E-state index contributed by atoms with van der Waals surface area (Å²) in [6, 6.07) is 13.3. The van der Waals surface area contributed by atoms with Crippen molar-refractivity contribution in [3.63, 3.8) is 0 Å². The summed E-state index contributed by atoms with van der Waals surface area (Å²) in [5, 5.41) is 5.54. The molecule has 0 atom stereocenters. The van der Waals surface area contributed by atoms with E-state index < -0.39 is 0 Å². The van der Waals surface area contributed by atoms with Crippen LogP contribution in [0, 0.1) is 0 Å². The average Bonchev–Trinajstić information content (AvgIpc) is 2.54. The molecule has 0 fully saturated rings. The van der Waals surface area contributed by atoms with Crippen LogP contribution in [0.3, 0.4) is 0 Å². The van der Waals surface area contributed by atoms with Crippen molar-refractivity contribution in [1.82, 2.24) is 15.6 Å². The molecular weight excluding hydrogens is 278 g/mol. The minimum Gasteiger partial charge on any atom is -0.352 e. The first kappa shape index (κ1) is 15.7. The highest BCUT2D eigenvalue weighted by Gasteiger charge is 2.06. The molecule has 0 bridgehead atoms. The van der Waals surface area contributed by atoms with Crippen molar-refractivity contribution in [2.75, 3.05) is 6.54 Å². The summed E-state index contributed by atoms with van der Waals surface area (Å²) in [6.07, 6.45) is 2.36. The molecule has 0 aliphatic heterocycles. The molecule has 5 nitrogen and oxygen atoms in total. The first-order valence-electron chi connectivity index (χ1n) is 7.16. The fourth-order valence-electron chi connectivity index (χ4n) is 2.00. The predicted molar refractivity (Wildman–Crippen MR) is 84.2 cm³/mol. The number of hydrogen-bond donors (Lipinski definition) is 2. The predicted octanol–water partition coefficient (Wildman–Crippen LogP) is 1.69. The van der Waals surface area contributed by atoms with E-state index in [1.54, 1.807) is 18.3 Å². The maximum Gasteiger partial charge on any atom is 0.251 e. The topological polar surface area (TPSA) is 71.1 Å².